The van der Waals surface area contributed by atoms with Gasteiger partial charge in [-0.2, -0.15) is 26.3 Å². The minimum absolute atomic E-state index is 0.0572. The topological polar surface area (TPSA) is 68.3 Å². The number of nitrogens with zero attached hydrogens (tertiary/aromatic N) is 2. The Hall–Kier alpha value is -3.78. The lowest BCUT2D eigenvalue weighted by Crippen LogP contribution is -2.44. The first kappa shape index (κ1) is 33.7. The van der Waals surface area contributed by atoms with E-state index in [0.717, 1.165) is 15.3 Å². The lowest BCUT2D eigenvalue weighted by Gasteiger charge is -2.28. The molecule has 0 saturated heterocycles. The number of amides is 2. The maximum atomic E-state index is 13.6. The maximum Gasteiger partial charge on any atom is 0.416 e. The van der Waals surface area contributed by atoms with E-state index in [1.54, 1.807) is 24.3 Å². The summed E-state index contributed by atoms with van der Waals surface area (Å²) in [5.74, 6) is -0.709. The van der Waals surface area contributed by atoms with Crippen molar-refractivity contribution >= 4 is 23.2 Å². The maximum absolute atomic E-state index is 13.6. The van der Waals surface area contributed by atoms with Crippen molar-refractivity contribution in [2.75, 3.05) is 47.6 Å². The first-order valence-corrected chi connectivity index (χ1v) is 13.7. The number of carbonyl (C=O) groups excluding carboxylic acids is 2. The third-order valence-corrected chi connectivity index (χ3v) is 7.27. The van der Waals surface area contributed by atoms with Gasteiger partial charge in [0.05, 0.1) is 38.5 Å². The second kappa shape index (κ2) is 14.6. The quantitative estimate of drug-likeness (QED) is 0.211. The molecule has 0 atom stereocenters. The molecule has 3 rings (SSSR count). The van der Waals surface area contributed by atoms with Crippen molar-refractivity contribution in [3.8, 4) is 11.5 Å². The molecule has 0 aliphatic carbocycles. The van der Waals surface area contributed by atoms with Crippen LogP contribution in [0.1, 0.15) is 31.9 Å². The molecule has 0 bridgehead atoms. The van der Waals surface area contributed by atoms with Crippen LogP contribution in [-0.4, -0.2) is 69.2 Å². The van der Waals surface area contributed by atoms with Crippen LogP contribution in [0.4, 0.5) is 26.3 Å². The van der Waals surface area contributed by atoms with Crippen molar-refractivity contribution in [2.45, 2.75) is 25.3 Å². The summed E-state index contributed by atoms with van der Waals surface area (Å²) in [6.07, 6.45) is -9.89. The van der Waals surface area contributed by atoms with Crippen LogP contribution in [0.15, 0.2) is 53.9 Å². The number of methoxy groups -OCH3 is 3. The van der Waals surface area contributed by atoms with Gasteiger partial charge in [0.1, 0.15) is 6.54 Å². The van der Waals surface area contributed by atoms with Crippen LogP contribution < -0.4 is 9.47 Å². The molecule has 0 spiro atoms. The molecule has 0 N–H and O–H groups in total. The number of ether oxygens (including phenoxy) is 3. The summed E-state index contributed by atoms with van der Waals surface area (Å²) in [5.41, 5.74) is -3.28. The average molecular weight is 633 g/mol. The van der Waals surface area contributed by atoms with Crippen molar-refractivity contribution in [3.63, 3.8) is 0 Å². The molecule has 2 aromatic carbocycles. The number of hydrogen-bond donors (Lipinski definition) is 0. The monoisotopic (exact) mass is 632 g/mol. The third-order valence-electron chi connectivity index (χ3n) is 6.41. The predicted octanol–water partition coefficient (Wildman–Crippen LogP) is 6.16. The summed E-state index contributed by atoms with van der Waals surface area (Å²) in [5, 5.41) is 1.83. The zero-order valence-corrected chi connectivity index (χ0v) is 24.4. The number of alkyl halides is 6. The third kappa shape index (κ3) is 9.35. The smallest absolute Gasteiger partial charge is 0.416 e. The Kier molecular flexibility index (Phi) is 11.4. The molecular formula is C29H30F6N2O5S. The van der Waals surface area contributed by atoms with Crippen molar-refractivity contribution in [1.82, 2.24) is 9.80 Å². The number of rotatable bonds is 13. The average Bonchev–Trinajstić information content (AvgIpc) is 3.48. The van der Waals surface area contributed by atoms with Crippen molar-refractivity contribution in [1.29, 1.82) is 0 Å². The minimum atomic E-state index is -5.13. The highest BCUT2D eigenvalue weighted by Gasteiger charge is 2.38. The Morgan fingerprint density at radius 2 is 1.47 bits per heavy atom. The Balaban J connectivity index is 1.89. The molecule has 0 aliphatic rings. The normalized spacial score (nSPS) is 11.7. The summed E-state index contributed by atoms with van der Waals surface area (Å²) >= 11 is 1.40. The molecule has 7 nitrogen and oxygen atoms in total. The second-order valence-electron chi connectivity index (χ2n) is 9.35. The van der Waals surface area contributed by atoms with E-state index in [9.17, 15) is 35.9 Å². The molecule has 1 aromatic heterocycles. The Bertz CT molecular complexity index is 1350. The summed E-state index contributed by atoms with van der Waals surface area (Å²) in [6.45, 7) is -0.586. The fourth-order valence-corrected chi connectivity index (χ4v) is 4.88. The number of hydrogen-bond acceptors (Lipinski definition) is 6. The highest BCUT2D eigenvalue weighted by molar-refractivity contribution is 7.09. The van der Waals surface area contributed by atoms with E-state index in [0.29, 0.717) is 30.1 Å². The van der Waals surface area contributed by atoms with Gasteiger partial charge >= 0.3 is 12.4 Å². The molecule has 43 heavy (non-hydrogen) atoms. The van der Waals surface area contributed by atoms with Crippen molar-refractivity contribution in [2.24, 2.45) is 0 Å². The van der Waals surface area contributed by atoms with Crippen LogP contribution in [0.25, 0.3) is 0 Å². The second-order valence-corrected chi connectivity index (χ2v) is 10.4. The van der Waals surface area contributed by atoms with Gasteiger partial charge in [0.25, 0.3) is 5.91 Å². The van der Waals surface area contributed by atoms with Crippen LogP contribution in [0.3, 0.4) is 0 Å². The van der Waals surface area contributed by atoms with Crippen LogP contribution in [0.5, 0.6) is 11.5 Å². The molecule has 0 fully saturated rings. The molecule has 2 amide bonds. The number of benzene rings is 2. The van der Waals surface area contributed by atoms with Crippen molar-refractivity contribution in [3.05, 3.63) is 81.0 Å². The standard InChI is InChI=1S/C29H30F6N2O5S/c1-40-11-10-37(27(39)20-14-21(28(30,31)32)16-22(15-20)29(33,34)35)18-26(38)36(17-23-5-4-12-43-23)9-8-19-6-7-24(41-2)25(13-19)42-3/h4-7,12-16H,8-11,17-18H2,1-3H3. The highest BCUT2D eigenvalue weighted by atomic mass is 32.1. The largest absolute Gasteiger partial charge is 0.493 e. The van der Waals surface area contributed by atoms with Crippen LogP contribution in [0, 0.1) is 0 Å². The van der Waals surface area contributed by atoms with Gasteiger partial charge in [0.2, 0.25) is 5.91 Å². The first-order chi connectivity index (χ1) is 20.3. The van der Waals surface area contributed by atoms with Gasteiger partial charge < -0.3 is 24.0 Å². The molecule has 14 heteroatoms. The lowest BCUT2D eigenvalue weighted by atomic mass is 10.0. The van der Waals surface area contributed by atoms with Gasteiger partial charge in [-0.1, -0.05) is 12.1 Å². The molecule has 3 aromatic rings. The van der Waals surface area contributed by atoms with Gasteiger partial charge in [-0.25, -0.2) is 0 Å². The first-order valence-electron chi connectivity index (χ1n) is 12.9. The number of carbonyl (C=O) groups is 2. The van der Waals surface area contributed by atoms with E-state index in [1.165, 1.54) is 37.6 Å². The van der Waals surface area contributed by atoms with Crippen LogP contribution in [-0.2, 0) is 34.8 Å². The number of halogens is 6. The van der Waals surface area contributed by atoms with Gasteiger partial charge in [-0.3, -0.25) is 9.59 Å². The predicted molar refractivity (Wildman–Crippen MR) is 147 cm³/mol. The Morgan fingerprint density at radius 3 is 2.00 bits per heavy atom. The van der Waals surface area contributed by atoms with E-state index in [-0.39, 0.29) is 32.3 Å². The molecule has 1 heterocycles. The summed E-state index contributed by atoms with van der Waals surface area (Å²) < 4.78 is 96.1. The van der Waals surface area contributed by atoms with Crippen molar-refractivity contribution < 1.29 is 50.1 Å². The van der Waals surface area contributed by atoms with Gasteiger partial charge in [-0.15, -0.1) is 11.3 Å². The Morgan fingerprint density at radius 1 is 0.814 bits per heavy atom. The van der Waals surface area contributed by atoms with Gasteiger partial charge in [0.15, 0.2) is 11.5 Å². The summed E-state index contributed by atoms with van der Waals surface area (Å²) in [7, 11) is 4.30. The molecule has 234 valence electrons. The van der Waals surface area contributed by atoms with E-state index in [4.69, 9.17) is 14.2 Å². The molecule has 0 radical (unpaired) electrons. The fourth-order valence-electron chi connectivity index (χ4n) is 4.16. The zero-order chi connectivity index (χ0) is 31.8. The zero-order valence-electron chi connectivity index (χ0n) is 23.6. The minimum Gasteiger partial charge on any atom is -0.493 e. The molecule has 0 saturated carbocycles. The van der Waals surface area contributed by atoms with E-state index >= 15 is 0 Å². The number of thiophene rings is 1. The SMILES string of the molecule is COCCN(CC(=O)N(CCc1ccc(OC)c(OC)c1)Cc1cccs1)C(=O)c1cc(C(F)(F)F)cc(C(F)(F)F)c1. The Labute approximate surface area is 248 Å². The molecular weight excluding hydrogens is 602 g/mol. The summed E-state index contributed by atoms with van der Waals surface area (Å²) in [4.78, 5) is 30.1. The fraction of sp³-hybridized carbons (Fsp3) is 0.379. The van der Waals surface area contributed by atoms with E-state index in [2.05, 4.69) is 0 Å². The van der Waals surface area contributed by atoms with Gasteiger partial charge in [0, 0.05) is 30.6 Å². The van der Waals surface area contributed by atoms with Gasteiger partial charge in [-0.05, 0) is 53.8 Å². The lowest BCUT2D eigenvalue weighted by molar-refractivity contribution is -0.143. The summed E-state index contributed by atoms with van der Waals surface area (Å²) in [6, 6.07) is 9.54. The van der Waals surface area contributed by atoms with Crippen LogP contribution >= 0.6 is 11.3 Å². The highest BCUT2D eigenvalue weighted by Crippen LogP contribution is 2.36. The molecule has 0 unspecified atom stereocenters. The van der Waals surface area contributed by atoms with Crippen LogP contribution in [0.2, 0.25) is 0 Å². The molecule has 0 aliphatic heterocycles. The van der Waals surface area contributed by atoms with E-state index in [1.807, 2.05) is 11.4 Å². The van der Waals surface area contributed by atoms with E-state index < -0.39 is 47.4 Å².